The Bertz CT molecular complexity index is 3130. The van der Waals surface area contributed by atoms with E-state index in [-0.39, 0.29) is 0 Å². The summed E-state index contributed by atoms with van der Waals surface area (Å²) in [6.45, 7) is 3.49. The number of nitriles is 2. The summed E-state index contributed by atoms with van der Waals surface area (Å²) < 4.78 is 10.7. The predicted molar refractivity (Wildman–Crippen MR) is 291 cm³/mol. The number of hydrogen-bond donors (Lipinski definition) is 2. The Morgan fingerprint density at radius 3 is 1.08 bits per heavy atom. The normalized spacial score (nSPS) is 13.2. The van der Waals surface area contributed by atoms with E-state index in [2.05, 4.69) is 21.9 Å². The van der Waals surface area contributed by atoms with Gasteiger partial charge in [0.25, 0.3) is 0 Å². The first-order valence-corrected chi connectivity index (χ1v) is 24.4. The molecule has 4 aromatic heterocycles. The molecule has 0 saturated carbocycles. The molecule has 0 radical (unpaired) electrons. The number of rotatable bonds is 8. The van der Waals surface area contributed by atoms with Crippen molar-refractivity contribution in [3.05, 3.63) is 169 Å². The fourth-order valence-electron chi connectivity index (χ4n) is 9.40. The van der Waals surface area contributed by atoms with E-state index in [0.717, 1.165) is 108 Å². The van der Waals surface area contributed by atoms with Crippen LogP contribution in [0.25, 0.3) is 66.6 Å². The molecule has 2 aliphatic rings. The number of anilines is 4. The molecule has 0 spiro atoms. The second-order valence-corrected chi connectivity index (χ2v) is 17.6. The SMILES string of the molecule is COc1ccc(-c2cc(-c3ccccc3)nc3c(C#N)c(N4CCCCC4)nc(N)c23)cc1.COc1ccc(-c2cc(-c3ccccc3)nc3c(C#N)c(N4CCCCC4)nc(N)c23)cc1.c1ccccc1. The molecule has 12 nitrogen and oxygen atoms in total. The molecule has 72 heavy (non-hydrogen) atoms. The Morgan fingerprint density at radius 2 is 0.764 bits per heavy atom. The van der Waals surface area contributed by atoms with Crippen LogP contribution in [0.2, 0.25) is 0 Å². The van der Waals surface area contributed by atoms with Crippen LogP contribution in [0.5, 0.6) is 11.5 Å². The molecule has 12 heteroatoms. The lowest BCUT2D eigenvalue weighted by Crippen LogP contribution is -2.31. The lowest BCUT2D eigenvalue weighted by atomic mass is 9.97. The summed E-state index contributed by atoms with van der Waals surface area (Å²) in [6, 6.07) is 56.5. The number of methoxy groups -OCH3 is 2. The second kappa shape index (κ2) is 22.6. The maximum absolute atomic E-state index is 10.2. The zero-order valence-electron chi connectivity index (χ0n) is 40.6. The van der Waals surface area contributed by atoms with Gasteiger partial charge in [-0.2, -0.15) is 10.5 Å². The third kappa shape index (κ3) is 10.4. The molecule has 11 rings (SSSR count). The highest BCUT2D eigenvalue weighted by Gasteiger charge is 2.26. The van der Waals surface area contributed by atoms with E-state index in [4.69, 9.17) is 40.9 Å². The van der Waals surface area contributed by atoms with Gasteiger partial charge < -0.3 is 30.7 Å². The van der Waals surface area contributed by atoms with Gasteiger partial charge in [0.1, 0.15) is 46.4 Å². The standard InChI is InChI=1S/2C27H25N5O.C6H6/c2*1-33-20-12-10-18(11-13-20)21-16-23(19-8-4-2-5-9-19)30-25-22(17-28)27(31-26(29)24(21)25)32-14-6-3-7-15-32;1-2-4-6-5-3-1/h2*2,4-5,8-13,16H,3,6-7,14-15H2,1H3,(H2,29,31);1-6H. The highest BCUT2D eigenvalue weighted by Crippen LogP contribution is 2.41. The molecule has 358 valence electrons. The summed E-state index contributed by atoms with van der Waals surface area (Å²) in [7, 11) is 3.29. The number of nitrogens with two attached hydrogens (primary N) is 2. The number of nitrogen functional groups attached to an aromatic ring is 2. The van der Waals surface area contributed by atoms with Crippen molar-refractivity contribution in [2.24, 2.45) is 0 Å². The van der Waals surface area contributed by atoms with Gasteiger partial charge >= 0.3 is 0 Å². The molecule has 6 heterocycles. The monoisotopic (exact) mass is 948 g/mol. The van der Waals surface area contributed by atoms with Crippen molar-refractivity contribution in [3.63, 3.8) is 0 Å². The molecule has 2 aliphatic heterocycles. The summed E-state index contributed by atoms with van der Waals surface area (Å²) in [6.07, 6.45) is 6.72. The Labute approximate surface area is 420 Å². The first-order valence-electron chi connectivity index (χ1n) is 24.4. The summed E-state index contributed by atoms with van der Waals surface area (Å²) in [5, 5.41) is 21.8. The minimum Gasteiger partial charge on any atom is -0.497 e. The van der Waals surface area contributed by atoms with Crippen molar-refractivity contribution in [2.75, 3.05) is 61.7 Å². The smallest absolute Gasteiger partial charge is 0.151 e. The number of ether oxygens (including phenoxy) is 2. The van der Waals surface area contributed by atoms with Gasteiger partial charge in [0.15, 0.2) is 11.6 Å². The molecule has 2 fully saturated rings. The van der Waals surface area contributed by atoms with Gasteiger partial charge in [-0.15, -0.1) is 0 Å². The van der Waals surface area contributed by atoms with Gasteiger partial charge in [-0.1, -0.05) is 121 Å². The number of piperidine rings is 2. The number of aromatic nitrogens is 4. The predicted octanol–water partition coefficient (Wildman–Crippen LogP) is 12.5. The third-order valence-electron chi connectivity index (χ3n) is 13.1. The van der Waals surface area contributed by atoms with Gasteiger partial charge in [0.2, 0.25) is 0 Å². The molecule has 2 saturated heterocycles. The van der Waals surface area contributed by atoms with E-state index >= 15 is 0 Å². The molecule has 4 N–H and O–H groups in total. The van der Waals surface area contributed by atoms with Crippen LogP contribution in [0.1, 0.15) is 49.7 Å². The Morgan fingerprint density at radius 1 is 0.431 bits per heavy atom. The molecular weight excluding hydrogens is 893 g/mol. The maximum Gasteiger partial charge on any atom is 0.151 e. The Hall–Kier alpha value is -9.00. The van der Waals surface area contributed by atoms with E-state index in [1.807, 2.05) is 158 Å². The van der Waals surface area contributed by atoms with Crippen LogP contribution in [-0.2, 0) is 0 Å². The van der Waals surface area contributed by atoms with Gasteiger partial charge in [-0.05, 0) is 97.2 Å². The zero-order chi connectivity index (χ0) is 49.8. The van der Waals surface area contributed by atoms with Gasteiger partial charge in [0.05, 0.1) is 47.4 Å². The average Bonchev–Trinajstić information content (AvgIpc) is 3.46. The Balaban J connectivity index is 0.000000159. The number of nitrogens with zero attached hydrogens (tertiary/aromatic N) is 8. The zero-order valence-corrected chi connectivity index (χ0v) is 40.6. The first kappa shape index (κ1) is 48.0. The van der Waals surface area contributed by atoms with E-state index in [1.54, 1.807) is 14.2 Å². The number of benzene rings is 5. The van der Waals surface area contributed by atoms with Gasteiger partial charge in [0, 0.05) is 37.3 Å². The molecule has 5 aromatic carbocycles. The van der Waals surface area contributed by atoms with Crippen molar-refractivity contribution >= 4 is 45.1 Å². The largest absolute Gasteiger partial charge is 0.497 e. The van der Waals surface area contributed by atoms with Crippen LogP contribution in [-0.4, -0.2) is 60.3 Å². The maximum atomic E-state index is 10.2. The van der Waals surface area contributed by atoms with Crippen LogP contribution < -0.4 is 30.7 Å². The molecule has 9 aromatic rings. The minimum absolute atomic E-state index is 0.391. The van der Waals surface area contributed by atoms with Crippen LogP contribution in [0.3, 0.4) is 0 Å². The molecular formula is C60H56N10O2. The molecule has 0 bridgehead atoms. The summed E-state index contributed by atoms with van der Waals surface area (Å²) in [5.41, 5.74) is 22.5. The molecule has 0 amide bonds. The van der Waals surface area contributed by atoms with Crippen LogP contribution in [0, 0.1) is 22.7 Å². The van der Waals surface area contributed by atoms with Crippen LogP contribution in [0.4, 0.5) is 23.3 Å². The summed E-state index contributed by atoms with van der Waals surface area (Å²) in [4.78, 5) is 23.7. The fourth-order valence-corrected chi connectivity index (χ4v) is 9.40. The van der Waals surface area contributed by atoms with Crippen molar-refractivity contribution < 1.29 is 9.47 Å². The highest BCUT2D eigenvalue weighted by molar-refractivity contribution is 6.08. The van der Waals surface area contributed by atoms with Crippen LogP contribution >= 0.6 is 0 Å². The molecule has 0 unspecified atom stereocenters. The van der Waals surface area contributed by atoms with E-state index in [0.29, 0.717) is 56.2 Å². The van der Waals surface area contributed by atoms with Gasteiger partial charge in [-0.25, -0.2) is 19.9 Å². The molecule has 0 atom stereocenters. The first-order chi connectivity index (χ1) is 35.4. The van der Waals surface area contributed by atoms with Crippen molar-refractivity contribution in [1.82, 2.24) is 19.9 Å². The third-order valence-corrected chi connectivity index (χ3v) is 13.1. The minimum atomic E-state index is 0.391. The van der Waals surface area contributed by atoms with Crippen LogP contribution in [0.15, 0.2) is 158 Å². The second-order valence-electron chi connectivity index (χ2n) is 17.6. The lowest BCUT2D eigenvalue weighted by molar-refractivity contribution is 0.415. The number of fused-ring (bicyclic) bond motifs is 2. The van der Waals surface area contributed by atoms with E-state index < -0.39 is 0 Å². The summed E-state index contributed by atoms with van der Waals surface area (Å²) >= 11 is 0. The van der Waals surface area contributed by atoms with Crippen molar-refractivity contribution in [2.45, 2.75) is 38.5 Å². The highest BCUT2D eigenvalue weighted by atomic mass is 16.5. The topological polar surface area (TPSA) is 176 Å². The summed E-state index contributed by atoms with van der Waals surface area (Å²) in [5.74, 6) is 3.61. The molecule has 0 aliphatic carbocycles. The fraction of sp³-hybridized carbons (Fsp3) is 0.200. The van der Waals surface area contributed by atoms with Crippen molar-refractivity contribution in [3.8, 4) is 68.4 Å². The van der Waals surface area contributed by atoms with E-state index in [1.165, 1.54) is 12.8 Å². The van der Waals surface area contributed by atoms with Gasteiger partial charge in [-0.3, -0.25) is 0 Å². The lowest BCUT2D eigenvalue weighted by Gasteiger charge is -2.29. The quantitative estimate of drug-likeness (QED) is 0.148. The Kier molecular flexibility index (Phi) is 15.1. The number of pyridine rings is 4. The van der Waals surface area contributed by atoms with Crippen molar-refractivity contribution in [1.29, 1.82) is 10.5 Å². The number of hydrogen-bond acceptors (Lipinski definition) is 12. The van der Waals surface area contributed by atoms with E-state index in [9.17, 15) is 10.5 Å². The average molecular weight is 949 g/mol.